The van der Waals surface area contributed by atoms with Crippen LogP contribution >= 0.6 is 0 Å². The topological polar surface area (TPSA) is 0 Å². The van der Waals surface area contributed by atoms with Crippen LogP contribution in [0.4, 0.5) is 0 Å². The zero-order chi connectivity index (χ0) is 31.3. The van der Waals surface area contributed by atoms with E-state index in [9.17, 15) is 0 Å². The highest BCUT2D eigenvalue weighted by Gasteiger charge is 2.36. The first kappa shape index (κ1) is 26.5. The van der Waals surface area contributed by atoms with Crippen LogP contribution in [-0.2, 0) is 5.41 Å². The Kier molecular flexibility index (Phi) is 5.44. The Morgan fingerprint density at radius 1 is 0.319 bits per heavy atom. The van der Waals surface area contributed by atoms with E-state index in [0.29, 0.717) is 0 Å². The van der Waals surface area contributed by atoms with Gasteiger partial charge in [-0.1, -0.05) is 166 Å². The summed E-state index contributed by atoms with van der Waals surface area (Å²) in [6.07, 6.45) is 0. The average molecular weight is 597 g/mol. The lowest BCUT2D eigenvalue weighted by Gasteiger charge is -2.22. The van der Waals surface area contributed by atoms with Crippen molar-refractivity contribution in [1.82, 2.24) is 0 Å². The Morgan fingerprint density at radius 2 is 0.809 bits per heavy atom. The van der Waals surface area contributed by atoms with Crippen molar-refractivity contribution < 1.29 is 0 Å². The molecule has 47 heavy (non-hydrogen) atoms. The summed E-state index contributed by atoms with van der Waals surface area (Å²) in [5, 5.41) is 5.25. The SMILES string of the molecule is CC1(C)c2ccccc2-c2ccc(-c3ccc4c5c(cccc35)-c3c-4c(-c4ccccc4)c4ccccc4c3-c3ccccc3)cc21. The van der Waals surface area contributed by atoms with E-state index in [0.717, 1.165) is 0 Å². The van der Waals surface area contributed by atoms with E-state index < -0.39 is 0 Å². The molecule has 0 nitrogen and oxygen atoms in total. The predicted molar refractivity (Wildman–Crippen MR) is 200 cm³/mol. The number of benzene rings is 8. The van der Waals surface area contributed by atoms with Crippen LogP contribution in [0, 0.1) is 0 Å². The van der Waals surface area contributed by atoms with E-state index in [-0.39, 0.29) is 5.41 Å². The fraction of sp³-hybridized carbons (Fsp3) is 0.0638. The van der Waals surface area contributed by atoms with E-state index >= 15 is 0 Å². The summed E-state index contributed by atoms with van der Waals surface area (Å²) in [6.45, 7) is 4.74. The van der Waals surface area contributed by atoms with Gasteiger partial charge in [0.2, 0.25) is 0 Å². The van der Waals surface area contributed by atoms with Gasteiger partial charge in [-0.3, -0.25) is 0 Å². The maximum atomic E-state index is 2.46. The summed E-state index contributed by atoms with van der Waals surface area (Å²) in [4.78, 5) is 0. The van der Waals surface area contributed by atoms with Gasteiger partial charge < -0.3 is 0 Å². The second kappa shape index (κ2) is 9.64. The van der Waals surface area contributed by atoms with Crippen molar-refractivity contribution >= 4 is 21.5 Å². The first-order valence-corrected chi connectivity index (χ1v) is 16.6. The van der Waals surface area contributed by atoms with Crippen molar-refractivity contribution in [3.05, 3.63) is 169 Å². The quantitative estimate of drug-likeness (QED) is 0.190. The lowest BCUT2D eigenvalue weighted by Crippen LogP contribution is -2.14. The highest BCUT2D eigenvalue weighted by atomic mass is 14.4. The fourth-order valence-electron chi connectivity index (χ4n) is 8.73. The molecule has 0 bridgehead atoms. The largest absolute Gasteiger partial charge is 0.0622 e. The molecule has 0 N–H and O–H groups in total. The molecule has 8 aromatic rings. The maximum Gasteiger partial charge on any atom is 0.0159 e. The van der Waals surface area contributed by atoms with Crippen LogP contribution < -0.4 is 0 Å². The van der Waals surface area contributed by atoms with E-state index in [1.165, 1.54) is 99.4 Å². The van der Waals surface area contributed by atoms with Gasteiger partial charge in [0, 0.05) is 5.41 Å². The van der Waals surface area contributed by atoms with Crippen LogP contribution in [0.5, 0.6) is 0 Å². The lowest BCUT2D eigenvalue weighted by atomic mass is 9.81. The molecule has 0 atom stereocenters. The molecule has 0 amide bonds. The van der Waals surface area contributed by atoms with Crippen molar-refractivity contribution in [3.63, 3.8) is 0 Å². The molecule has 2 aliphatic rings. The molecular formula is C47H32. The summed E-state index contributed by atoms with van der Waals surface area (Å²) < 4.78 is 0. The summed E-state index contributed by atoms with van der Waals surface area (Å²) in [6, 6.07) is 58.7. The maximum absolute atomic E-state index is 2.46. The zero-order valence-electron chi connectivity index (χ0n) is 26.5. The van der Waals surface area contributed by atoms with Crippen molar-refractivity contribution in [2.24, 2.45) is 0 Å². The smallest absolute Gasteiger partial charge is 0.0159 e. The number of hydrogen-bond acceptors (Lipinski definition) is 0. The highest BCUT2D eigenvalue weighted by molar-refractivity contribution is 6.28. The third kappa shape index (κ3) is 3.59. The van der Waals surface area contributed by atoms with Crippen LogP contribution in [0.1, 0.15) is 25.0 Å². The number of rotatable bonds is 3. The summed E-state index contributed by atoms with van der Waals surface area (Å²) in [5.74, 6) is 0. The molecule has 0 aliphatic heterocycles. The molecule has 0 aromatic heterocycles. The second-order valence-corrected chi connectivity index (χ2v) is 13.6. The van der Waals surface area contributed by atoms with Crippen molar-refractivity contribution in [1.29, 1.82) is 0 Å². The van der Waals surface area contributed by atoms with Gasteiger partial charge in [0.05, 0.1) is 0 Å². The molecule has 0 radical (unpaired) electrons. The van der Waals surface area contributed by atoms with Gasteiger partial charge in [0.1, 0.15) is 0 Å². The van der Waals surface area contributed by atoms with Crippen LogP contribution in [-0.4, -0.2) is 0 Å². The average Bonchev–Trinajstić information content (AvgIpc) is 3.57. The monoisotopic (exact) mass is 596 g/mol. The van der Waals surface area contributed by atoms with E-state index in [2.05, 4.69) is 172 Å². The Bertz CT molecular complexity index is 2480. The van der Waals surface area contributed by atoms with Gasteiger partial charge in [-0.2, -0.15) is 0 Å². The standard InChI is InChI=1S/C47H32/c1-47(2)40-23-12-11-18-33(40)34-25-24-31(28-41(34)47)32-26-27-39-44-35(32)21-13-22-38(44)45-42(29-14-5-3-6-15-29)36-19-9-10-20-37(36)43(46(39)45)30-16-7-4-8-17-30/h3-28H,1-2H3. The summed E-state index contributed by atoms with van der Waals surface area (Å²) >= 11 is 0. The molecule has 0 heterocycles. The fourth-order valence-corrected chi connectivity index (χ4v) is 8.73. The molecule has 0 spiro atoms. The van der Waals surface area contributed by atoms with Crippen LogP contribution in [0.25, 0.3) is 88.3 Å². The van der Waals surface area contributed by atoms with Crippen molar-refractivity contribution in [2.75, 3.05) is 0 Å². The van der Waals surface area contributed by atoms with E-state index in [4.69, 9.17) is 0 Å². The van der Waals surface area contributed by atoms with Gasteiger partial charge in [-0.05, 0) is 105 Å². The Hall–Kier alpha value is -5.72. The van der Waals surface area contributed by atoms with Gasteiger partial charge in [0.25, 0.3) is 0 Å². The Balaban J connectivity index is 1.29. The molecule has 0 heteroatoms. The summed E-state index contributed by atoms with van der Waals surface area (Å²) in [7, 11) is 0. The molecule has 0 fully saturated rings. The minimum Gasteiger partial charge on any atom is -0.0622 e. The molecule has 2 aliphatic carbocycles. The molecule has 10 rings (SSSR count). The van der Waals surface area contributed by atoms with Crippen LogP contribution in [0.15, 0.2) is 158 Å². The second-order valence-electron chi connectivity index (χ2n) is 13.6. The first-order chi connectivity index (χ1) is 23.1. The lowest BCUT2D eigenvalue weighted by molar-refractivity contribution is 0.660. The summed E-state index contributed by atoms with van der Waals surface area (Å²) in [5.41, 5.74) is 18.6. The third-order valence-electron chi connectivity index (χ3n) is 10.8. The molecule has 0 unspecified atom stereocenters. The molecular weight excluding hydrogens is 565 g/mol. The van der Waals surface area contributed by atoms with Crippen molar-refractivity contribution in [3.8, 4) is 66.8 Å². The molecule has 220 valence electrons. The number of fused-ring (bicyclic) bond motifs is 7. The van der Waals surface area contributed by atoms with E-state index in [1.807, 2.05) is 0 Å². The zero-order valence-corrected chi connectivity index (χ0v) is 26.5. The van der Waals surface area contributed by atoms with Gasteiger partial charge in [0.15, 0.2) is 0 Å². The van der Waals surface area contributed by atoms with Gasteiger partial charge in [-0.15, -0.1) is 0 Å². The molecule has 8 aromatic carbocycles. The van der Waals surface area contributed by atoms with Crippen LogP contribution in [0.3, 0.4) is 0 Å². The predicted octanol–water partition coefficient (Wildman–Crippen LogP) is 12.9. The van der Waals surface area contributed by atoms with Crippen LogP contribution in [0.2, 0.25) is 0 Å². The molecule has 0 saturated carbocycles. The minimum atomic E-state index is -0.0394. The third-order valence-corrected chi connectivity index (χ3v) is 10.8. The van der Waals surface area contributed by atoms with E-state index in [1.54, 1.807) is 0 Å². The van der Waals surface area contributed by atoms with Crippen molar-refractivity contribution in [2.45, 2.75) is 19.3 Å². The number of hydrogen-bond donors (Lipinski definition) is 0. The Labute approximate surface area is 275 Å². The molecule has 0 saturated heterocycles. The first-order valence-electron chi connectivity index (χ1n) is 16.6. The highest BCUT2D eigenvalue weighted by Crippen LogP contribution is 2.59. The minimum absolute atomic E-state index is 0.0394. The normalized spacial score (nSPS) is 13.5. The van der Waals surface area contributed by atoms with Gasteiger partial charge >= 0.3 is 0 Å². The Morgan fingerprint density at radius 3 is 1.49 bits per heavy atom. The van der Waals surface area contributed by atoms with Gasteiger partial charge in [-0.25, -0.2) is 0 Å².